The maximum atomic E-state index is 5.72. The standard InChI is InChI=1S/C9H20N2/c1-8(10)6-11-5-4-9(2,3)7-11/h8H,4-7,10H2,1-3H3. The Bertz CT molecular complexity index is 130. The van der Waals surface area contributed by atoms with Gasteiger partial charge in [0.25, 0.3) is 0 Å². The molecule has 1 aliphatic heterocycles. The molecule has 0 amide bonds. The van der Waals surface area contributed by atoms with Crippen LogP contribution in [0.3, 0.4) is 0 Å². The van der Waals surface area contributed by atoms with E-state index < -0.39 is 0 Å². The Morgan fingerprint density at radius 1 is 1.55 bits per heavy atom. The van der Waals surface area contributed by atoms with Crippen LogP contribution in [-0.2, 0) is 0 Å². The number of rotatable bonds is 2. The van der Waals surface area contributed by atoms with E-state index in [1.165, 1.54) is 19.5 Å². The third-order valence-electron chi connectivity index (χ3n) is 2.30. The molecule has 0 aromatic heterocycles. The Balaban J connectivity index is 2.31. The SMILES string of the molecule is CC(N)CN1CCC(C)(C)C1. The lowest BCUT2D eigenvalue weighted by Gasteiger charge is -2.20. The fraction of sp³-hybridized carbons (Fsp3) is 1.00. The smallest absolute Gasteiger partial charge is 0.0139 e. The van der Waals surface area contributed by atoms with Gasteiger partial charge in [-0.2, -0.15) is 0 Å². The van der Waals surface area contributed by atoms with Crippen LogP contribution in [0.15, 0.2) is 0 Å². The molecule has 66 valence electrons. The summed E-state index contributed by atoms with van der Waals surface area (Å²) in [5.41, 5.74) is 6.24. The van der Waals surface area contributed by atoms with Gasteiger partial charge in [0.15, 0.2) is 0 Å². The molecule has 1 unspecified atom stereocenters. The van der Waals surface area contributed by atoms with Crippen molar-refractivity contribution in [3.63, 3.8) is 0 Å². The lowest BCUT2D eigenvalue weighted by Crippen LogP contribution is -2.34. The van der Waals surface area contributed by atoms with Gasteiger partial charge in [-0.3, -0.25) is 0 Å². The summed E-state index contributed by atoms with van der Waals surface area (Å²) in [7, 11) is 0. The summed E-state index contributed by atoms with van der Waals surface area (Å²) in [6, 6.07) is 0.323. The van der Waals surface area contributed by atoms with E-state index in [2.05, 4.69) is 25.7 Å². The van der Waals surface area contributed by atoms with Crippen molar-refractivity contribution >= 4 is 0 Å². The second-order valence-electron chi connectivity index (χ2n) is 4.63. The van der Waals surface area contributed by atoms with Crippen molar-refractivity contribution in [2.75, 3.05) is 19.6 Å². The molecular weight excluding hydrogens is 136 g/mol. The molecule has 1 atom stereocenters. The lowest BCUT2D eigenvalue weighted by molar-refractivity contribution is 0.279. The first-order valence-corrected chi connectivity index (χ1v) is 4.47. The Labute approximate surface area is 69.8 Å². The third-order valence-corrected chi connectivity index (χ3v) is 2.30. The van der Waals surface area contributed by atoms with Crippen LogP contribution < -0.4 is 5.73 Å². The van der Waals surface area contributed by atoms with Crippen molar-refractivity contribution in [2.45, 2.75) is 33.2 Å². The summed E-state index contributed by atoms with van der Waals surface area (Å²) in [6.07, 6.45) is 1.32. The van der Waals surface area contributed by atoms with Crippen LogP contribution >= 0.6 is 0 Å². The first-order chi connectivity index (χ1) is 4.99. The molecule has 1 heterocycles. The second kappa shape index (κ2) is 3.11. The highest BCUT2D eigenvalue weighted by molar-refractivity contribution is 4.83. The molecule has 0 saturated carbocycles. The van der Waals surface area contributed by atoms with Crippen LogP contribution in [0.25, 0.3) is 0 Å². The molecule has 11 heavy (non-hydrogen) atoms. The molecule has 0 aromatic rings. The first-order valence-electron chi connectivity index (χ1n) is 4.47. The van der Waals surface area contributed by atoms with E-state index in [0.29, 0.717) is 11.5 Å². The van der Waals surface area contributed by atoms with Crippen LogP contribution in [0.2, 0.25) is 0 Å². The Morgan fingerprint density at radius 2 is 2.18 bits per heavy atom. The average molecular weight is 156 g/mol. The van der Waals surface area contributed by atoms with E-state index in [4.69, 9.17) is 5.73 Å². The van der Waals surface area contributed by atoms with Gasteiger partial charge in [-0.05, 0) is 25.3 Å². The predicted molar refractivity (Wildman–Crippen MR) is 48.5 cm³/mol. The van der Waals surface area contributed by atoms with Crippen LogP contribution in [0.1, 0.15) is 27.2 Å². The number of hydrogen-bond acceptors (Lipinski definition) is 2. The summed E-state index contributed by atoms with van der Waals surface area (Å²) in [4.78, 5) is 2.46. The Kier molecular flexibility index (Phi) is 2.55. The van der Waals surface area contributed by atoms with Crippen molar-refractivity contribution in [3.8, 4) is 0 Å². The highest BCUT2D eigenvalue weighted by Gasteiger charge is 2.28. The van der Waals surface area contributed by atoms with Crippen molar-refractivity contribution in [1.82, 2.24) is 4.90 Å². The molecular formula is C9H20N2. The van der Waals surface area contributed by atoms with Gasteiger partial charge in [0, 0.05) is 19.1 Å². The zero-order valence-corrected chi connectivity index (χ0v) is 7.93. The van der Waals surface area contributed by atoms with Gasteiger partial charge in [0.1, 0.15) is 0 Å². The normalized spacial score (nSPS) is 27.3. The minimum absolute atomic E-state index is 0.323. The quantitative estimate of drug-likeness (QED) is 0.648. The van der Waals surface area contributed by atoms with E-state index in [0.717, 1.165) is 6.54 Å². The highest BCUT2D eigenvalue weighted by Crippen LogP contribution is 2.28. The van der Waals surface area contributed by atoms with Crippen molar-refractivity contribution in [1.29, 1.82) is 0 Å². The summed E-state index contributed by atoms with van der Waals surface area (Å²) in [6.45, 7) is 10.2. The van der Waals surface area contributed by atoms with Crippen LogP contribution in [0, 0.1) is 5.41 Å². The zero-order valence-electron chi connectivity index (χ0n) is 7.93. The Hall–Kier alpha value is -0.0800. The molecule has 0 radical (unpaired) electrons. The summed E-state index contributed by atoms with van der Waals surface area (Å²) in [5, 5.41) is 0. The topological polar surface area (TPSA) is 29.3 Å². The fourth-order valence-corrected chi connectivity index (χ4v) is 1.79. The van der Waals surface area contributed by atoms with E-state index >= 15 is 0 Å². The molecule has 0 spiro atoms. The maximum Gasteiger partial charge on any atom is 0.0139 e. The zero-order chi connectivity index (χ0) is 8.48. The number of hydrogen-bond donors (Lipinski definition) is 1. The third kappa shape index (κ3) is 2.80. The molecule has 1 rings (SSSR count). The maximum absolute atomic E-state index is 5.72. The van der Waals surface area contributed by atoms with E-state index in [9.17, 15) is 0 Å². The molecule has 2 nitrogen and oxygen atoms in total. The summed E-state index contributed by atoms with van der Waals surface area (Å²) < 4.78 is 0. The number of likely N-dealkylation sites (tertiary alicyclic amines) is 1. The molecule has 0 bridgehead atoms. The molecule has 2 N–H and O–H groups in total. The van der Waals surface area contributed by atoms with Crippen molar-refractivity contribution < 1.29 is 0 Å². The average Bonchev–Trinajstić information content (AvgIpc) is 2.08. The highest BCUT2D eigenvalue weighted by atomic mass is 15.2. The van der Waals surface area contributed by atoms with Crippen LogP contribution in [-0.4, -0.2) is 30.6 Å². The fourth-order valence-electron chi connectivity index (χ4n) is 1.79. The first kappa shape index (κ1) is 9.01. The van der Waals surface area contributed by atoms with Gasteiger partial charge in [-0.25, -0.2) is 0 Å². The van der Waals surface area contributed by atoms with Crippen LogP contribution in [0.5, 0.6) is 0 Å². The number of nitrogens with zero attached hydrogens (tertiary/aromatic N) is 1. The summed E-state index contributed by atoms with van der Waals surface area (Å²) >= 11 is 0. The predicted octanol–water partition coefficient (Wildman–Crippen LogP) is 1.07. The largest absolute Gasteiger partial charge is 0.327 e. The van der Waals surface area contributed by atoms with Gasteiger partial charge < -0.3 is 10.6 Å². The molecule has 2 heteroatoms. The minimum Gasteiger partial charge on any atom is -0.327 e. The van der Waals surface area contributed by atoms with Gasteiger partial charge in [0.2, 0.25) is 0 Å². The lowest BCUT2D eigenvalue weighted by atomic mass is 9.93. The van der Waals surface area contributed by atoms with E-state index in [1.807, 2.05) is 0 Å². The van der Waals surface area contributed by atoms with Crippen LogP contribution in [0.4, 0.5) is 0 Å². The van der Waals surface area contributed by atoms with E-state index in [-0.39, 0.29) is 0 Å². The molecule has 1 aliphatic rings. The Morgan fingerprint density at radius 3 is 2.55 bits per heavy atom. The molecule has 1 fully saturated rings. The molecule has 1 saturated heterocycles. The number of nitrogens with two attached hydrogens (primary N) is 1. The van der Waals surface area contributed by atoms with Gasteiger partial charge in [-0.15, -0.1) is 0 Å². The monoisotopic (exact) mass is 156 g/mol. The molecule has 0 aliphatic carbocycles. The minimum atomic E-state index is 0.323. The molecule has 0 aromatic carbocycles. The van der Waals surface area contributed by atoms with E-state index in [1.54, 1.807) is 0 Å². The second-order valence-corrected chi connectivity index (χ2v) is 4.63. The van der Waals surface area contributed by atoms with Crippen molar-refractivity contribution in [3.05, 3.63) is 0 Å². The van der Waals surface area contributed by atoms with Gasteiger partial charge >= 0.3 is 0 Å². The van der Waals surface area contributed by atoms with Gasteiger partial charge in [-0.1, -0.05) is 13.8 Å². The summed E-state index contributed by atoms with van der Waals surface area (Å²) in [5.74, 6) is 0. The van der Waals surface area contributed by atoms with Gasteiger partial charge in [0.05, 0.1) is 0 Å². The van der Waals surface area contributed by atoms with Crippen molar-refractivity contribution in [2.24, 2.45) is 11.1 Å².